The molecule has 1 aliphatic carbocycles. The van der Waals surface area contributed by atoms with E-state index in [1.54, 1.807) is 6.92 Å². The van der Waals surface area contributed by atoms with Gasteiger partial charge >= 0.3 is 5.97 Å². The van der Waals surface area contributed by atoms with Crippen molar-refractivity contribution in [1.82, 2.24) is 0 Å². The van der Waals surface area contributed by atoms with Gasteiger partial charge in [0.15, 0.2) is 5.78 Å². The van der Waals surface area contributed by atoms with Gasteiger partial charge in [-0.05, 0) is 26.3 Å². The Hall–Kier alpha value is -1.12. The molecule has 0 radical (unpaired) electrons. The molecular formula is C9H12O3. The van der Waals surface area contributed by atoms with Gasteiger partial charge in [0.1, 0.15) is 5.92 Å². The maximum atomic E-state index is 11.1. The quantitative estimate of drug-likeness (QED) is 0.458. The number of esters is 1. The second-order valence-corrected chi connectivity index (χ2v) is 2.90. The second-order valence-electron chi connectivity index (χ2n) is 2.90. The number of hydrogen-bond donors (Lipinski definition) is 0. The molecule has 0 aromatic carbocycles. The summed E-state index contributed by atoms with van der Waals surface area (Å²) in [6, 6.07) is 0. The van der Waals surface area contributed by atoms with Crippen molar-refractivity contribution in [3.05, 3.63) is 11.6 Å². The number of carbonyl (C=O) groups is 2. The lowest BCUT2D eigenvalue weighted by atomic mass is 10.1. The lowest BCUT2D eigenvalue weighted by Crippen LogP contribution is -2.21. The maximum absolute atomic E-state index is 11.1. The molecule has 0 spiro atoms. The van der Waals surface area contributed by atoms with Crippen LogP contribution in [-0.4, -0.2) is 18.4 Å². The molecule has 1 aliphatic rings. The number of rotatable bonds is 2. The fourth-order valence-electron chi connectivity index (χ4n) is 1.27. The molecule has 3 nitrogen and oxygen atoms in total. The van der Waals surface area contributed by atoms with E-state index in [9.17, 15) is 9.59 Å². The van der Waals surface area contributed by atoms with Crippen LogP contribution in [0.1, 0.15) is 20.3 Å². The molecule has 0 aromatic heterocycles. The Morgan fingerprint density at radius 2 is 2.42 bits per heavy atom. The Labute approximate surface area is 71.4 Å². The highest BCUT2D eigenvalue weighted by molar-refractivity contribution is 6.07. The molecule has 1 unspecified atom stereocenters. The van der Waals surface area contributed by atoms with E-state index in [2.05, 4.69) is 0 Å². The maximum Gasteiger partial charge on any atom is 0.317 e. The van der Waals surface area contributed by atoms with Crippen molar-refractivity contribution in [3.63, 3.8) is 0 Å². The molecule has 0 saturated carbocycles. The van der Waals surface area contributed by atoms with Gasteiger partial charge < -0.3 is 4.74 Å². The van der Waals surface area contributed by atoms with Crippen LogP contribution < -0.4 is 0 Å². The largest absolute Gasteiger partial charge is 0.465 e. The zero-order valence-corrected chi connectivity index (χ0v) is 7.29. The summed E-state index contributed by atoms with van der Waals surface area (Å²) in [5.74, 6) is -1.08. The van der Waals surface area contributed by atoms with Crippen LogP contribution in [0, 0.1) is 5.92 Å². The summed E-state index contributed by atoms with van der Waals surface area (Å²) in [4.78, 5) is 22.2. The van der Waals surface area contributed by atoms with E-state index in [4.69, 9.17) is 4.74 Å². The second kappa shape index (κ2) is 3.52. The zero-order valence-electron chi connectivity index (χ0n) is 7.29. The molecule has 0 aromatic rings. The van der Waals surface area contributed by atoms with Crippen LogP contribution in [0.4, 0.5) is 0 Å². The highest BCUT2D eigenvalue weighted by atomic mass is 16.5. The minimum absolute atomic E-state index is 0.119. The monoisotopic (exact) mass is 168 g/mol. The first-order valence-corrected chi connectivity index (χ1v) is 4.02. The Bertz CT molecular complexity index is 240. The van der Waals surface area contributed by atoms with Crippen LogP contribution >= 0.6 is 0 Å². The first-order chi connectivity index (χ1) is 5.65. The third-order valence-corrected chi connectivity index (χ3v) is 1.83. The van der Waals surface area contributed by atoms with Gasteiger partial charge in [-0.15, -0.1) is 0 Å². The number of ether oxygens (including phenoxy) is 1. The molecule has 1 atom stereocenters. The van der Waals surface area contributed by atoms with Crippen molar-refractivity contribution in [2.45, 2.75) is 20.3 Å². The summed E-state index contributed by atoms with van der Waals surface area (Å²) in [6.07, 6.45) is 2.04. The minimum Gasteiger partial charge on any atom is -0.465 e. The van der Waals surface area contributed by atoms with E-state index in [1.807, 2.05) is 6.92 Å². The Balaban J connectivity index is 2.57. The van der Waals surface area contributed by atoms with Crippen molar-refractivity contribution in [1.29, 1.82) is 0 Å². The topological polar surface area (TPSA) is 43.4 Å². The van der Waals surface area contributed by atoms with Crippen molar-refractivity contribution >= 4 is 11.8 Å². The molecule has 0 bridgehead atoms. The van der Waals surface area contributed by atoms with Crippen LogP contribution in [-0.2, 0) is 14.3 Å². The molecular weight excluding hydrogens is 156 g/mol. The van der Waals surface area contributed by atoms with Crippen LogP contribution in [0.25, 0.3) is 0 Å². The fourth-order valence-corrected chi connectivity index (χ4v) is 1.27. The van der Waals surface area contributed by atoms with Gasteiger partial charge in [0, 0.05) is 0 Å². The zero-order chi connectivity index (χ0) is 9.14. The van der Waals surface area contributed by atoms with E-state index in [0.717, 1.165) is 5.57 Å². The average molecular weight is 168 g/mol. The number of hydrogen-bond acceptors (Lipinski definition) is 3. The van der Waals surface area contributed by atoms with Gasteiger partial charge in [0.05, 0.1) is 6.61 Å². The van der Waals surface area contributed by atoms with Crippen molar-refractivity contribution in [2.24, 2.45) is 5.92 Å². The Morgan fingerprint density at radius 3 is 2.83 bits per heavy atom. The SMILES string of the molecule is CCOC(=O)C1CC(C)=CC1=O. The summed E-state index contributed by atoms with van der Waals surface area (Å²) < 4.78 is 4.75. The molecule has 0 fully saturated rings. The third-order valence-electron chi connectivity index (χ3n) is 1.83. The van der Waals surface area contributed by atoms with E-state index in [0.29, 0.717) is 13.0 Å². The van der Waals surface area contributed by atoms with Crippen LogP contribution in [0.2, 0.25) is 0 Å². The highest BCUT2D eigenvalue weighted by Gasteiger charge is 2.30. The van der Waals surface area contributed by atoms with Gasteiger partial charge in [-0.3, -0.25) is 9.59 Å². The summed E-state index contributed by atoms with van der Waals surface area (Å²) in [7, 11) is 0. The minimum atomic E-state index is -0.565. The summed E-state index contributed by atoms with van der Waals surface area (Å²) >= 11 is 0. The van der Waals surface area contributed by atoms with Gasteiger partial charge in [0.2, 0.25) is 0 Å². The van der Waals surface area contributed by atoms with Gasteiger partial charge in [0.25, 0.3) is 0 Å². The molecule has 0 N–H and O–H groups in total. The van der Waals surface area contributed by atoms with Gasteiger partial charge in [-0.25, -0.2) is 0 Å². The smallest absolute Gasteiger partial charge is 0.317 e. The molecule has 0 amide bonds. The highest BCUT2D eigenvalue weighted by Crippen LogP contribution is 2.22. The lowest BCUT2D eigenvalue weighted by molar-refractivity contribution is -0.150. The van der Waals surface area contributed by atoms with E-state index < -0.39 is 11.9 Å². The van der Waals surface area contributed by atoms with Crippen LogP contribution in [0.3, 0.4) is 0 Å². The average Bonchev–Trinajstić information content (AvgIpc) is 2.30. The standard InChI is InChI=1S/C9H12O3/c1-3-12-9(11)7-4-6(2)5-8(7)10/h5,7H,3-4H2,1-2H3. The molecule has 0 heterocycles. The van der Waals surface area contributed by atoms with E-state index >= 15 is 0 Å². The number of allylic oxidation sites excluding steroid dienone is 2. The van der Waals surface area contributed by atoms with Crippen molar-refractivity contribution < 1.29 is 14.3 Å². The Morgan fingerprint density at radius 1 is 1.75 bits per heavy atom. The van der Waals surface area contributed by atoms with Crippen molar-refractivity contribution in [3.8, 4) is 0 Å². The van der Waals surface area contributed by atoms with Crippen LogP contribution in [0.15, 0.2) is 11.6 Å². The predicted octanol–water partition coefficient (Wildman–Crippen LogP) is 1.08. The number of ketones is 1. The van der Waals surface area contributed by atoms with Crippen molar-refractivity contribution in [2.75, 3.05) is 6.61 Å². The number of carbonyl (C=O) groups excluding carboxylic acids is 2. The molecule has 0 aliphatic heterocycles. The first-order valence-electron chi connectivity index (χ1n) is 4.02. The lowest BCUT2D eigenvalue weighted by Gasteiger charge is -2.06. The Kier molecular flexibility index (Phi) is 2.63. The molecule has 0 saturated heterocycles. The molecule has 1 rings (SSSR count). The molecule has 66 valence electrons. The third kappa shape index (κ3) is 1.72. The van der Waals surface area contributed by atoms with Gasteiger partial charge in [-0.2, -0.15) is 0 Å². The fraction of sp³-hybridized carbons (Fsp3) is 0.556. The van der Waals surface area contributed by atoms with E-state index in [1.165, 1.54) is 6.08 Å². The molecule has 12 heavy (non-hydrogen) atoms. The predicted molar refractivity (Wildman–Crippen MR) is 43.5 cm³/mol. The van der Waals surface area contributed by atoms with E-state index in [-0.39, 0.29) is 5.78 Å². The first kappa shape index (κ1) is 8.97. The summed E-state index contributed by atoms with van der Waals surface area (Å²) in [5.41, 5.74) is 0.957. The normalized spacial score (nSPS) is 22.3. The molecule has 3 heteroatoms. The van der Waals surface area contributed by atoms with Gasteiger partial charge in [-0.1, -0.05) is 5.57 Å². The summed E-state index contributed by atoms with van der Waals surface area (Å²) in [6.45, 7) is 3.91. The summed E-state index contributed by atoms with van der Waals surface area (Å²) in [5, 5.41) is 0. The van der Waals surface area contributed by atoms with Crippen LogP contribution in [0.5, 0.6) is 0 Å².